The molecule has 1 heterocycles. The summed E-state index contributed by atoms with van der Waals surface area (Å²) in [5.41, 5.74) is 2.13. The van der Waals surface area contributed by atoms with E-state index >= 15 is 0 Å². The number of nitrogens with zero attached hydrogens (tertiary/aromatic N) is 1. The first-order valence-electron chi connectivity index (χ1n) is 9.37. The quantitative estimate of drug-likeness (QED) is 0.825. The lowest BCUT2D eigenvalue weighted by atomic mass is 9.87. The molecule has 1 aromatic rings. The smallest absolute Gasteiger partial charge is 0.251 e. The second-order valence-corrected chi connectivity index (χ2v) is 8.64. The highest BCUT2D eigenvalue weighted by atomic mass is 16.1. The molecule has 3 nitrogen and oxygen atoms in total. The third-order valence-corrected chi connectivity index (χ3v) is 4.89. The van der Waals surface area contributed by atoms with Crippen LogP contribution in [0.2, 0.25) is 0 Å². The van der Waals surface area contributed by atoms with E-state index in [2.05, 4.69) is 57.0 Å². The Hall–Kier alpha value is -1.35. The van der Waals surface area contributed by atoms with Crippen LogP contribution in [-0.2, 0) is 5.41 Å². The van der Waals surface area contributed by atoms with Crippen molar-refractivity contribution in [1.29, 1.82) is 0 Å². The Kier molecular flexibility index (Phi) is 6.45. The van der Waals surface area contributed by atoms with Crippen molar-refractivity contribution in [3.63, 3.8) is 0 Å². The lowest BCUT2D eigenvalue weighted by Gasteiger charge is -2.34. The fourth-order valence-corrected chi connectivity index (χ4v) is 3.70. The molecular formula is C21H34N2O. The Balaban J connectivity index is 1.73. The molecule has 1 saturated heterocycles. The van der Waals surface area contributed by atoms with Crippen LogP contribution in [0.1, 0.15) is 63.4 Å². The lowest BCUT2D eigenvalue weighted by molar-refractivity contribution is 0.0947. The van der Waals surface area contributed by atoms with Crippen molar-refractivity contribution < 1.29 is 4.79 Å². The van der Waals surface area contributed by atoms with Gasteiger partial charge in [-0.2, -0.15) is 0 Å². The summed E-state index contributed by atoms with van der Waals surface area (Å²) in [4.78, 5) is 14.8. The number of hydrogen-bond donors (Lipinski definition) is 1. The molecule has 1 N–H and O–H groups in total. The SMILES string of the molecule is CC1CC(C)CN(CCCNC(=O)c2ccc(C(C)(C)C)cc2)C1. The largest absolute Gasteiger partial charge is 0.352 e. The average Bonchev–Trinajstić information content (AvgIpc) is 2.50. The molecule has 1 aliphatic heterocycles. The Labute approximate surface area is 147 Å². The fraction of sp³-hybridized carbons (Fsp3) is 0.667. The van der Waals surface area contributed by atoms with Crippen molar-refractivity contribution in [3.8, 4) is 0 Å². The molecular weight excluding hydrogens is 296 g/mol. The number of likely N-dealkylation sites (tertiary alicyclic amines) is 1. The monoisotopic (exact) mass is 330 g/mol. The maximum Gasteiger partial charge on any atom is 0.251 e. The topological polar surface area (TPSA) is 32.3 Å². The third kappa shape index (κ3) is 5.62. The Morgan fingerprint density at radius 2 is 1.71 bits per heavy atom. The van der Waals surface area contributed by atoms with Gasteiger partial charge < -0.3 is 10.2 Å². The second-order valence-electron chi connectivity index (χ2n) is 8.64. The van der Waals surface area contributed by atoms with Crippen LogP contribution in [0.5, 0.6) is 0 Å². The van der Waals surface area contributed by atoms with Gasteiger partial charge in [-0.3, -0.25) is 4.79 Å². The summed E-state index contributed by atoms with van der Waals surface area (Å²) >= 11 is 0. The van der Waals surface area contributed by atoms with Gasteiger partial charge in [-0.05, 0) is 54.3 Å². The molecule has 24 heavy (non-hydrogen) atoms. The molecule has 1 fully saturated rings. The van der Waals surface area contributed by atoms with E-state index in [1.54, 1.807) is 0 Å². The minimum Gasteiger partial charge on any atom is -0.352 e. The van der Waals surface area contributed by atoms with Crippen LogP contribution in [0, 0.1) is 11.8 Å². The summed E-state index contributed by atoms with van der Waals surface area (Å²) < 4.78 is 0. The fourth-order valence-electron chi connectivity index (χ4n) is 3.70. The molecule has 1 aromatic carbocycles. The molecule has 0 saturated carbocycles. The maximum absolute atomic E-state index is 12.2. The van der Waals surface area contributed by atoms with E-state index in [0.717, 1.165) is 36.9 Å². The maximum atomic E-state index is 12.2. The predicted molar refractivity (Wildman–Crippen MR) is 101 cm³/mol. The van der Waals surface area contributed by atoms with Gasteiger partial charge in [0, 0.05) is 25.2 Å². The molecule has 0 spiro atoms. The van der Waals surface area contributed by atoms with Crippen molar-refractivity contribution >= 4 is 5.91 Å². The zero-order valence-corrected chi connectivity index (χ0v) is 16.1. The van der Waals surface area contributed by atoms with Gasteiger partial charge in [-0.1, -0.05) is 46.8 Å². The van der Waals surface area contributed by atoms with Gasteiger partial charge in [0.2, 0.25) is 0 Å². The zero-order chi connectivity index (χ0) is 17.7. The van der Waals surface area contributed by atoms with Gasteiger partial charge in [0.05, 0.1) is 0 Å². The highest BCUT2D eigenvalue weighted by Crippen LogP contribution is 2.22. The molecule has 0 aliphatic carbocycles. The van der Waals surface area contributed by atoms with Crippen molar-refractivity contribution in [2.75, 3.05) is 26.2 Å². The lowest BCUT2D eigenvalue weighted by Crippen LogP contribution is -2.40. The molecule has 0 radical (unpaired) electrons. The van der Waals surface area contributed by atoms with E-state index in [1.165, 1.54) is 25.1 Å². The number of nitrogens with one attached hydrogen (secondary N) is 1. The van der Waals surface area contributed by atoms with Gasteiger partial charge in [-0.25, -0.2) is 0 Å². The van der Waals surface area contributed by atoms with Crippen LogP contribution in [0.3, 0.4) is 0 Å². The number of hydrogen-bond acceptors (Lipinski definition) is 2. The summed E-state index contributed by atoms with van der Waals surface area (Å²) in [5, 5.41) is 3.05. The van der Waals surface area contributed by atoms with E-state index in [9.17, 15) is 4.79 Å². The van der Waals surface area contributed by atoms with E-state index in [-0.39, 0.29) is 11.3 Å². The minimum atomic E-state index is 0.0378. The normalized spacial score (nSPS) is 22.4. The minimum absolute atomic E-state index is 0.0378. The van der Waals surface area contributed by atoms with Gasteiger partial charge in [0.25, 0.3) is 5.91 Å². The number of piperidine rings is 1. The van der Waals surface area contributed by atoms with Gasteiger partial charge >= 0.3 is 0 Å². The summed E-state index contributed by atoms with van der Waals surface area (Å²) in [6.07, 6.45) is 2.36. The molecule has 2 rings (SSSR count). The Morgan fingerprint density at radius 3 is 2.25 bits per heavy atom. The second kappa shape index (κ2) is 8.15. The highest BCUT2D eigenvalue weighted by Gasteiger charge is 2.21. The van der Waals surface area contributed by atoms with Crippen LogP contribution >= 0.6 is 0 Å². The first-order chi connectivity index (χ1) is 11.3. The van der Waals surface area contributed by atoms with Crippen molar-refractivity contribution in [2.45, 2.75) is 52.9 Å². The van der Waals surface area contributed by atoms with Crippen LogP contribution < -0.4 is 5.32 Å². The van der Waals surface area contributed by atoms with Crippen LogP contribution in [0.15, 0.2) is 24.3 Å². The summed E-state index contributed by atoms with van der Waals surface area (Å²) in [7, 11) is 0. The molecule has 1 amide bonds. The number of carbonyl (C=O) groups excluding carboxylic acids is 1. The van der Waals surface area contributed by atoms with Crippen LogP contribution in [0.4, 0.5) is 0 Å². The van der Waals surface area contributed by atoms with E-state index in [0.29, 0.717) is 0 Å². The van der Waals surface area contributed by atoms with E-state index in [4.69, 9.17) is 0 Å². The zero-order valence-electron chi connectivity index (χ0n) is 16.1. The number of rotatable bonds is 5. The van der Waals surface area contributed by atoms with Crippen molar-refractivity contribution in [2.24, 2.45) is 11.8 Å². The van der Waals surface area contributed by atoms with Gasteiger partial charge in [-0.15, -0.1) is 0 Å². The molecule has 0 bridgehead atoms. The molecule has 1 aliphatic rings. The average molecular weight is 331 g/mol. The van der Waals surface area contributed by atoms with E-state index < -0.39 is 0 Å². The summed E-state index contributed by atoms with van der Waals surface area (Å²) in [6.45, 7) is 15.5. The molecule has 2 unspecified atom stereocenters. The number of benzene rings is 1. The Morgan fingerprint density at radius 1 is 1.12 bits per heavy atom. The molecule has 134 valence electrons. The van der Waals surface area contributed by atoms with E-state index in [1.807, 2.05) is 12.1 Å². The van der Waals surface area contributed by atoms with Gasteiger partial charge in [0.15, 0.2) is 0 Å². The molecule has 2 atom stereocenters. The van der Waals surface area contributed by atoms with Crippen LogP contribution in [0.25, 0.3) is 0 Å². The molecule has 3 heteroatoms. The van der Waals surface area contributed by atoms with Crippen LogP contribution in [-0.4, -0.2) is 37.0 Å². The molecule has 0 aromatic heterocycles. The Bertz CT molecular complexity index is 520. The summed E-state index contributed by atoms with van der Waals surface area (Å²) in [5.74, 6) is 1.63. The van der Waals surface area contributed by atoms with Crippen molar-refractivity contribution in [3.05, 3.63) is 35.4 Å². The van der Waals surface area contributed by atoms with Gasteiger partial charge in [0.1, 0.15) is 0 Å². The first kappa shape index (κ1) is 19.0. The number of carbonyl (C=O) groups is 1. The summed E-state index contributed by atoms with van der Waals surface area (Å²) in [6, 6.07) is 7.99. The predicted octanol–water partition coefficient (Wildman–Crippen LogP) is 4.08. The standard InChI is InChI=1S/C21H34N2O/c1-16-13-17(2)15-23(14-16)12-6-11-22-20(24)18-7-9-19(10-8-18)21(3,4)5/h7-10,16-17H,6,11-15H2,1-5H3,(H,22,24). The highest BCUT2D eigenvalue weighted by molar-refractivity contribution is 5.94. The first-order valence-corrected chi connectivity index (χ1v) is 9.37. The number of amides is 1. The van der Waals surface area contributed by atoms with Crippen molar-refractivity contribution in [1.82, 2.24) is 10.2 Å². The third-order valence-electron chi connectivity index (χ3n) is 4.89.